The van der Waals surface area contributed by atoms with E-state index in [1.54, 1.807) is 23.0 Å². The lowest BCUT2D eigenvalue weighted by Crippen LogP contribution is -2.36. The van der Waals surface area contributed by atoms with Crippen molar-refractivity contribution >= 4 is 33.3 Å². The summed E-state index contributed by atoms with van der Waals surface area (Å²) in [4.78, 5) is 24.2. The van der Waals surface area contributed by atoms with E-state index in [4.69, 9.17) is 14.9 Å². The van der Waals surface area contributed by atoms with Gasteiger partial charge in [-0.05, 0) is 68.6 Å². The summed E-state index contributed by atoms with van der Waals surface area (Å²) in [5.41, 5.74) is 7.93. The lowest BCUT2D eigenvalue weighted by molar-refractivity contribution is 0.203. The number of hydrogen-bond donors (Lipinski definition) is 2. The van der Waals surface area contributed by atoms with E-state index < -0.39 is 0 Å². The summed E-state index contributed by atoms with van der Waals surface area (Å²) in [5, 5.41) is 7.66. The monoisotopic (exact) mass is 564 g/mol. The van der Waals surface area contributed by atoms with Gasteiger partial charge in [0.05, 0.1) is 6.26 Å². The number of fused-ring (bicyclic) bond motifs is 3. The first-order valence-electron chi connectivity index (χ1n) is 13.5. The molecule has 4 aromatic heterocycles. The Kier molecular flexibility index (Phi) is 6.48. The van der Waals surface area contributed by atoms with E-state index in [0.717, 1.165) is 62.3 Å². The fourth-order valence-electron chi connectivity index (χ4n) is 5.68. The molecule has 0 aliphatic carbocycles. The topological polar surface area (TPSA) is 129 Å². The van der Waals surface area contributed by atoms with Crippen molar-refractivity contribution in [1.29, 1.82) is 0 Å². The van der Waals surface area contributed by atoms with Gasteiger partial charge in [-0.3, -0.25) is 9.36 Å². The van der Waals surface area contributed by atoms with Gasteiger partial charge in [0, 0.05) is 25.7 Å². The summed E-state index contributed by atoms with van der Waals surface area (Å²) < 4.78 is 30.0. The van der Waals surface area contributed by atoms with Crippen molar-refractivity contribution in [2.45, 2.75) is 37.8 Å². The fraction of sp³-hybridized carbons (Fsp3) is 0.407. The SMILES string of the molecule is Nc1nc2c(sc(=O)n2CCN2CCC(c3ccc(OC4CCNC4)cc3F)CC2)c2nc(-c3ccco3)nn12. The van der Waals surface area contributed by atoms with Gasteiger partial charge >= 0.3 is 4.87 Å². The Labute approximate surface area is 232 Å². The second-order valence-corrected chi connectivity index (χ2v) is 11.3. The van der Waals surface area contributed by atoms with Gasteiger partial charge in [0.25, 0.3) is 0 Å². The van der Waals surface area contributed by atoms with Crippen LogP contribution in [-0.2, 0) is 6.54 Å². The third kappa shape index (κ3) is 4.63. The summed E-state index contributed by atoms with van der Waals surface area (Å²) >= 11 is 1.09. The molecule has 0 amide bonds. The maximum absolute atomic E-state index is 15.0. The predicted molar refractivity (Wildman–Crippen MR) is 149 cm³/mol. The molecule has 3 N–H and O–H groups in total. The van der Waals surface area contributed by atoms with Gasteiger partial charge in [-0.25, -0.2) is 9.37 Å². The van der Waals surface area contributed by atoms with Gasteiger partial charge in [-0.15, -0.1) is 5.10 Å². The van der Waals surface area contributed by atoms with Gasteiger partial charge < -0.3 is 25.1 Å². The number of piperidine rings is 1. The normalized spacial score (nSPS) is 18.8. The number of likely N-dealkylation sites (tertiary alicyclic amines) is 1. The van der Waals surface area contributed by atoms with Gasteiger partial charge in [-0.2, -0.15) is 9.50 Å². The molecule has 1 unspecified atom stereocenters. The number of thiazole rings is 1. The summed E-state index contributed by atoms with van der Waals surface area (Å²) in [6.45, 7) is 4.54. The molecular weight excluding hydrogens is 535 g/mol. The second-order valence-electron chi connectivity index (χ2n) is 10.3. The van der Waals surface area contributed by atoms with Gasteiger partial charge in [-0.1, -0.05) is 17.4 Å². The molecule has 0 radical (unpaired) electrons. The molecule has 5 aromatic rings. The van der Waals surface area contributed by atoms with Crippen molar-refractivity contribution in [3.05, 3.63) is 57.6 Å². The van der Waals surface area contributed by atoms with Crippen molar-refractivity contribution in [1.82, 2.24) is 34.4 Å². The molecule has 0 saturated carbocycles. The van der Waals surface area contributed by atoms with Crippen LogP contribution in [0.1, 0.15) is 30.7 Å². The van der Waals surface area contributed by atoms with Crippen molar-refractivity contribution < 1.29 is 13.5 Å². The Hall–Kier alpha value is -3.81. The third-order valence-corrected chi connectivity index (χ3v) is 8.78. The largest absolute Gasteiger partial charge is 0.489 e. The second kappa shape index (κ2) is 10.3. The minimum Gasteiger partial charge on any atom is -0.489 e. The van der Waals surface area contributed by atoms with Crippen LogP contribution in [0.3, 0.4) is 0 Å². The molecule has 0 spiro atoms. The first kappa shape index (κ1) is 25.2. The van der Waals surface area contributed by atoms with Crippen LogP contribution in [0.2, 0.25) is 0 Å². The van der Waals surface area contributed by atoms with Gasteiger partial charge in [0.1, 0.15) is 22.4 Å². The first-order chi connectivity index (χ1) is 19.5. The molecule has 1 aromatic carbocycles. The average Bonchev–Trinajstić information content (AvgIpc) is 3.76. The molecule has 208 valence electrons. The van der Waals surface area contributed by atoms with Crippen molar-refractivity contribution in [2.24, 2.45) is 0 Å². The van der Waals surface area contributed by atoms with E-state index in [2.05, 4.69) is 25.3 Å². The zero-order valence-corrected chi connectivity index (χ0v) is 22.6. The number of rotatable bonds is 7. The Balaban J connectivity index is 1.02. The van der Waals surface area contributed by atoms with E-state index in [1.807, 2.05) is 12.1 Å². The number of furan rings is 1. The first-order valence-corrected chi connectivity index (χ1v) is 14.3. The zero-order valence-electron chi connectivity index (χ0n) is 21.8. The molecule has 11 nitrogen and oxygen atoms in total. The molecule has 0 bridgehead atoms. The number of anilines is 1. The molecule has 2 aliphatic heterocycles. The van der Waals surface area contributed by atoms with E-state index in [0.29, 0.717) is 46.4 Å². The lowest BCUT2D eigenvalue weighted by Gasteiger charge is -2.32. The molecule has 2 aliphatic rings. The smallest absolute Gasteiger partial charge is 0.309 e. The van der Waals surface area contributed by atoms with Gasteiger partial charge in [0.15, 0.2) is 17.1 Å². The number of nitrogens with two attached hydrogens (primary N) is 1. The van der Waals surface area contributed by atoms with E-state index >= 15 is 0 Å². The van der Waals surface area contributed by atoms with Crippen LogP contribution in [0.4, 0.5) is 10.3 Å². The Morgan fingerprint density at radius 2 is 2.02 bits per heavy atom. The highest BCUT2D eigenvalue weighted by molar-refractivity contribution is 7.17. The van der Waals surface area contributed by atoms with Crippen LogP contribution in [0, 0.1) is 5.82 Å². The molecule has 1 atom stereocenters. The van der Waals surface area contributed by atoms with Crippen LogP contribution in [0.25, 0.3) is 27.6 Å². The van der Waals surface area contributed by atoms with Crippen molar-refractivity contribution in [2.75, 3.05) is 38.5 Å². The minimum absolute atomic E-state index is 0.106. The summed E-state index contributed by atoms with van der Waals surface area (Å²) in [6.07, 6.45) is 4.30. The van der Waals surface area contributed by atoms with E-state index in [-0.39, 0.29) is 28.7 Å². The summed E-state index contributed by atoms with van der Waals surface area (Å²) in [7, 11) is 0. The van der Waals surface area contributed by atoms with E-state index in [9.17, 15) is 9.18 Å². The Morgan fingerprint density at radius 1 is 1.15 bits per heavy atom. The summed E-state index contributed by atoms with van der Waals surface area (Å²) in [5.74, 6) is 1.60. The summed E-state index contributed by atoms with van der Waals surface area (Å²) in [6, 6.07) is 8.81. The van der Waals surface area contributed by atoms with Crippen molar-refractivity contribution in [3.63, 3.8) is 0 Å². The lowest BCUT2D eigenvalue weighted by atomic mass is 9.89. The molecule has 2 saturated heterocycles. The van der Waals surface area contributed by atoms with Crippen molar-refractivity contribution in [3.8, 4) is 17.3 Å². The highest BCUT2D eigenvalue weighted by Gasteiger charge is 2.25. The Bertz CT molecular complexity index is 1720. The molecule has 2 fully saturated rings. The number of ether oxygens (including phenoxy) is 1. The average molecular weight is 565 g/mol. The number of halogens is 1. The van der Waals surface area contributed by atoms with Crippen LogP contribution < -0.4 is 20.7 Å². The molecule has 7 rings (SSSR count). The minimum atomic E-state index is -0.197. The third-order valence-electron chi connectivity index (χ3n) is 7.81. The number of nitrogen functional groups attached to an aromatic ring is 1. The zero-order chi connectivity index (χ0) is 27.2. The van der Waals surface area contributed by atoms with Gasteiger partial charge in [0.2, 0.25) is 11.8 Å². The number of hydrogen-bond acceptors (Lipinski definition) is 10. The number of nitrogens with zero attached hydrogens (tertiary/aromatic N) is 6. The fourth-order valence-corrected chi connectivity index (χ4v) is 6.61. The molecule has 40 heavy (non-hydrogen) atoms. The van der Waals surface area contributed by atoms with Crippen LogP contribution in [0.15, 0.2) is 45.8 Å². The maximum Gasteiger partial charge on any atom is 0.309 e. The number of aromatic nitrogens is 5. The quantitative estimate of drug-likeness (QED) is 0.306. The maximum atomic E-state index is 15.0. The van der Waals surface area contributed by atoms with Crippen LogP contribution in [-0.4, -0.2) is 67.9 Å². The van der Waals surface area contributed by atoms with Crippen LogP contribution in [0.5, 0.6) is 5.75 Å². The van der Waals surface area contributed by atoms with Crippen LogP contribution >= 0.6 is 11.3 Å². The molecule has 13 heteroatoms. The highest BCUT2D eigenvalue weighted by atomic mass is 32.1. The Morgan fingerprint density at radius 3 is 2.77 bits per heavy atom. The molecular formula is C27H29FN8O3S. The highest BCUT2D eigenvalue weighted by Crippen LogP contribution is 2.32. The van der Waals surface area contributed by atoms with E-state index in [1.165, 1.54) is 10.6 Å². The molecule has 6 heterocycles. The predicted octanol–water partition coefficient (Wildman–Crippen LogP) is 3.10. The standard InChI is InChI=1S/C27H29FN8O3S/c28-20-14-17(39-18-5-8-30-15-18)3-4-19(20)16-6-9-34(10-7-16)11-12-35-24-22(40-27(35)37)25-31-23(21-2-1-13-38-21)33-36(25)26(29)32-24/h1-4,13-14,16,18,30H,5-12,15H2,(H2,29,32). The number of benzene rings is 1. The number of nitrogens with one attached hydrogen (secondary N) is 1.